The van der Waals surface area contributed by atoms with E-state index in [1.807, 2.05) is 19.9 Å². The molecule has 0 heterocycles. The predicted octanol–water partition coefficient (Wildman–Crippen LogP) is 4.69. The average Bonchev–Trinajstić information content (AvgIpc) is 2.84. The van der Waals surface area contributed by atoms with Gasteiger partial charge in [0.15, 0.2) is 17.2 Å². The maximum atomic E-state index is 13.1. The quantitative estimate of drug-likeness (QED) is 0.327. The largest absolute Gasteiger partial charge is 0.493 e. The standard InChI is InChI=1S/C24H32N2O8/c1-7-11-33-18-10-9-16(13-19(18)34-12-8-2)15(3)25-24(27)17-14-20(30-4)22(31-5)23(32-6)21(17)26(28)29/h9-10,13-15H,7-8,11-12H2,1-6H3,(H,25,27). The highest BCUT2D eigenvalue weighted by Gasteiger charge is 2.33. The molecule has 10 heteroatoms. The third-order valence-corrected chi connectivity index (χ3v) is 4.97. The molecule has 0 aromatic heterocycles. The maximum absolute atomic E-state index is 13.1. The maximum Gasteiger partial charge on any atom is 0.327 e. The molecule has 1 N–H and O–H groups in total. The summed E-state index contributed by atoms with van der Waals surface area (Å²) in [5, 5.41) is 14.6. The summed E-state index contributed by atoms with van der Waals surface area (Å²) in [7, 11) is 3.96. The highest BCUT2D eigenvalue weighted by atomic mass is 16.6. The van der Waals surface area contributed by atoms with Gasteiger partial charge < -0.3 is 29.0 Å². The van der Waals surface area contributed by atoms with E-state index in [-0.39, 0.29) is 22.8 Å². The number of ether oxygens (including phenoxy) is 5. The van der Waals surface area contributed by atoms with Crippen LogP contribution < -0.4 is 29.0 Å². The van der Waals surface area contributed by atoms with Gasteiger partial charge in [0.05, 0.1) is 45.5 Å². The van der Waals surface area contributed by atoms with Crippen LogP contribution in [0.1, 0.15) is 55.6 Å². The molecule has 0 aliphatic heterocycles. The summed E-state index contributed by atoms with van der Waals surface area (Å²) in [6.45, 7) is 6.86. The summed E-state index contributed by atoms with van der Waals surface area (Å²) in [6.07, 6.45) is 1.68. The molecule has 0 bridgehead atoms. The Morgan fingerprint density at radius 3 is 2.09 bits per heavy atom. The molecule has 2 rings (SSSR count). The molecule has 2 aromatic rings. The van der Waals surface area contributed by atoms with Gasteiger partial charge in [0.2, 0.25) is 11.5 Å². The molecule has 0 saturated heterocycles. The van der Waals surface area contributed by atoms with E-state index in [1.54, 1.807) is 19.1 Å². The topological polar surface area (TPSA) is 118 Å². The van der Waals surface area contributed by atoms with Gasteiger partial charge >= 0.3 is 5.69 Å². The smallest absolute Gasteiger partial charge is 0.327 e. The van der Waals surface area contributed by atoms with Gasteiger partial charge in [0, 0.05) is 6.07 Å². The van der Waals surface area contributed by atoms with Crippen molar-refractivity contribution in [2.45, 2.75) is 39.7 Å². The van der Waals surface area contributed by atoms with Crippen molar-refractivity contribution in [3.8, 4) is 28.7 Å². The monoisotopic (exact) mass is 476 g/mol. The third-order valence-electron chi connectivity index (χ3n) is 4.97. The van der Waals surface area contributed by atoms with Crippen LogP contribution in [-0.2, 0) is 0 Å². The number of hydrogen-bond acceptors (Lipinski definition) is 8. The zero-order chi connectivity index (χ0) is 25.3. The van der Waals surface area contributed by atoms with Crippen LogP contribution in [0.25, 0.3) is 0 Å². The fourth-order valence-corrected chi connectivity index (χ4v) is 3.30. The number of nitrogens with zero attached hydrogens (tertiary/aromatic N) is 1. The Bertz CT molecular complexity index is 1010. The molecule has 2 aromatic carbocycles. The van der Waals surface area contributed by atoms with Crippen molar-refractivity contribution < 1.29 is 33.4 Å². The molecular formula is C24H32N2O8. The number of amides is 1. The number of nitro groups is 1. The van der Waals surface area contributed by atoms with Crippen molar-refractivity contribution in [3.63, 3.8) is 0 Å². The number of rotatable bonds is 13. The van der Waals surface area contributed by atoms with Crippen molar-refractivity contribution in [2.24, 2.45) is 0 Å². The second-order valence-electron chi connectivity index (χ2n) is 7.40. The second-order valence-corrected chi connectivity index (χ2v) is 7.40. The van der Waals surface area contributed by atoms with E-state index in [0.717, 1.165) is 18.4 Å². The summed E-state index contributed by atoms with van der Waals surface area (Å²) < 4.78 is 27.2. The van der Waals surface area contributed by atoms with Gasteiger partial charge in [-0.1, -0.05) is 19.9 Å². The SMILES string of the molecule is CCCOc1ccc(C(C)NC(=O)c2cc(OC)c(OC)c(OC)c2[N+](=O)[O-])cc1OCCC. The van der Waals surface area contributed by atoms with Gasteiger partial charge in [-0.05, 0) is 37.5 Å². The number of methoxy groups -OCH3 is 3. The molecule has 0 saturated carbocycles. The van der Waals surface area contributed by atoms with Crippen LogP contribution in [0.5, 0.6) is 28.7 Å². The average molecular weight is 477 g/mol. The summed E-state index contributed by atoms with van der Waals surface area (Å²) in [5.74, 6) is 0.501. The fraction of sp³-hybridized carbons (Fsp3) is 0.458. The first kappa shape index (κ1) is 26.6. The van der Waals surface area contributed by atoms with Crippen molar-refractivity contribution >= 4 is 11.6 Å². The van der Waals surface area contributed by atoms with Gasteiger partial charge in [-0.2, -0.15) is 0 Å². The van der Waals surface area contributed by atoms with E-state index in [4.69, 9.17) is 23.7 Å². The van der Waals surface area contributed by atoms with E-state index in [2.05, 4.69) is 5.32 Å². The highest BCUT2D eigenvalue weighted by molar-refractivity contribution is 6.00. The normalized spacial score (nSPS) is 11.4. The Morgan fingerprint density at radius 2 is 1.56 bits per heavy atom. The molecule has 34 heavy (non-hydrogen) atoms. The van der Waals surface area contributed by atoms with Crippen LogP contribution in [0.2, 0.25) is 0 Å². The zero-order valence-electron chi connectivity index (χ0n) is 20.4. The molecule has 0 radical (unpaired) electrons. The van der Waals surface area contributed by atoms with E-state index < -0.39 is 22.6 Å². The van der Waals surface area contributed by atoms with Crippen molar-refractivity contribution in [1.29, 1.82) is 0 Å². The lowest BCUT2D eigenvalue weighted by molar-refractivity contribution is -0.386. The van der Waals surface area contributed by atoms with Crippen LogP contribution in [0.4, 0.5) is 5.69 Å². The Morgan fingerprint density at radius 1 is 0.941 bits per heavy atom. The molecule has 186 valence electrons. The minimum absolute atomic E-state index is 0.0293. The van der Waals surface area contributed by atoms with Gasteiger partial charge in [-0.15, -0.1) is 0 Å². The lowest BCUT2D eigenvalue weighted by Crippen LogP contribution is -2.27. The first-order valence-corrected chi connectivity index (χ1v) is 11.0. The van der Waals surface area contributed by atoms with Crippen LogP contribution >= 0.6 is 0 Å². The Labute approximate surface area is 199 Å². The number of carbonyl (C=O) groups is 1. The lowest BCUT2D eigenvalue weighted by Gasteiger charge is -2.19. The highest BCUT2D eigenvalue weighted by Crippen LogP contribution is 2.46. The van der Waals surface area contributed by atoms with Crippen molar-refractivity contribution in [2.75, 3.05) is 34.5 Å². The summed E-state index contributed by atoms with van der Waals surface area (Å²) in [5.41, 5.74) is 0.0234. The van der Waals surface area contributed by atoms with Crippen LogP contribution in [0.3, 0.4) is 0 Å². The van der Waals surface area contributed by atoms with Crippen LogP contribution in [-0.4, -0.2) is 45.4 Å². The van der Waals surface area contributed by atoms with E-state index in [1.165, 1.54) is 27.4 Å². The molecule has 10 nitrogen and oxygen atoms in total. The number of hydrogen-bond donors (Lipinski definition) is 1. The molecule has 1 amide bonds. The van der Waals surface area contributed by atoms with Gasteiger partial charge in [-0.25, -0.2) is 0 Å². The Balaban J connectivity index is 2.41. The molecule has 0 fully saturated rings. The van der Waals surface area contributed by atoms with Gasteiger partial charge in [-0.3, -0.25) is 14.9 Å². The molecule has 0 aliphatic rings. The van der Waals surface area contributed by atoms with Crippen molar-refractivity contribution in [3.05, 3.63) is 45.5 Å². The molecule has 1 atom stereocenters. The van der Waals surface area contributed by atoms with Crippen molar-refractivity contribution in [1.82, 2.24) is 5.32 Å². The summed E-state index contributed by atoms with van der Waals surface area (Å²) in [6, 6.07) is 6.18. The molecule has 1 unspecified atom stereocenters. The third kappa shape index (κ3) is 6.00. The van der Waals surface area contributed by atoms with E-state index in [9.17, 15) is 14.9 Å². The van der Waals surface area contributed by atoms with Crippen LogP contribution in [0, 0.1) is 10.1 Å². The van der Waals surface area contributed by atoms with E-state index >= 15 is 0 Å². The molecular weight excluding hydrogens is 444 g/mol. The van der Waals surface area contributed by atoms with Gasteiger partial charge in [0.1, 0.15) is 5.56 Å². The zero-order valence-corrected chi connectivity index (χ0v) is 20.4. The summed E-state index contributed by atoms with van der Waals surface area (Å²) >= 11 is 0. The van der Waals surface area contributed by atoms with Gasteiger partial charge in [0.25, 0.3) is 5.91 Å². The predicted molar refractivity (Wildman–Crippen MR) is 127 cm³/mol. The minimum Gasteiger partial charge on any atom is -0.493 e. The summed E-state index contributed by atoms with van der Waals surface area (Å²) in [4.78, 5) is 24.3. The lowest BCUT2D eigenvalue weighted by atomic mass is 10.1. The number of carbonyl (C=O) groups excluding carboxylic acids is 1. The Kier molecular flexibility index (Phi) is 9.78. The number of nitro benzene ring substituents is 1. The molecule has 0 aliphatic carbocycles. The first-order chi connectivity index (χ1) is 16.3. The first-order valence-electron chi connectivity index (χ1n) is 11.0. The Hall–Kier alpha value is -3.69. The molecule has 0 spiro atoms. The fourth-order valence-electron chi connectivity index (χ4n) is 3.30. The van der Waals surface area contributed by atoms with Crippen LogP contribution in [0.15, 0.2) is 24.3 Å². The second kappa shape index (κ2) is 12.5. The minimum atomic E-state index is -0.684. The number of benzene rings is 2. The number of nitrogens with one attached hydrogen (secondary N) is 1. The van der Waals surface area contributed by atoms with E-state index in [0.29, 0.717) is 24.7 Å².